The first kappa shape index (κ1) is 16.4. The monoisotopic (exact) mass is 319 g/mol. The fraction of sp³-hybridized carbons (Fsp3) is 0.438. The molecule has 0 fully saturated rings. The van der Waals surface area contributed by atoms with Crippen molar-refractivity contribution in [3.63, 3.8) is 0 Å². The summed E-state index contributed by atoms with van der Waals surface area (Å²) in [5.74, 6) is -0.251. The van der Waals surface area contributed by atoms with E-state index in [-0.39, 0.29) is 17.7 Å². The Balaban J connectivity index is 2.10. The summed E-state index contributed by atoms with van der Waals surface area (Å²) in [6, 6.07) is 7.41. The zero-order valence-corrected chi connectivity index (χ0v) is 14.1. The number of carbonyl (C=O) groups is 2. The number of para-hydroxylation sites is 1. The molecule has 5 nitrogen and oxygen atoms in total. The van der Waals surface area contributed by atoms with Crippen LogP contribution in [0.25, 0.3) is 10.2 Å². The third kappa shape index (κ3) is 3.82. The minimum Gasteiger partial charge on any atom is -0.344 e. The molecule has 1 N–H and O–H groups in total. The van der Waals surface area contributed by atoms with Gasteiger partial charge in [-0.2, -0.15) is 0 Å². The molecule has 0 saturated carbocycles. The minimum absolute atomic E-state index is 0.0363. The van der Waals surface area contributed by atoms with E-state index in [2.05, 4.69) is 10.3 Å². The lowest BCUT2D eigenvalue weighted by molar-refractivity contribution is -0.136. The average Bonchev–Trinajstić information content (AvgIpc) is 2.85. The van der Waals surface area contributed by atoms with Crippen LogP contribution >= 0.6 is 11.3 Å². The predicted molar refractivity (Wildman–Crippen MR) is 88.5 cm³/mol. The maximum Gasteiger partial charge on any atom is 0.245 e. The lowest BCUT2D eigenvalue weighted by atomic mass is 10.0. The van der Waals surface area contributed by atoms with Gasteiger partial charge in [0.25, 0.3) is 0 Å². The third-order valence-electron chi connectivity index (χ3n) is 3.38. The number of likely N-dealkylation sites (N-methyl/N-ethyl adjacent to an activating group) is 1. The molecule has 0 aliphatic carbocycles. The zero-order chi connectivity index (χ0) is 16.3. The molecule has 1 aromatic carbocycles. The average molecular weight is 319 g/mol. The molecule has 2 amide bonds. The second-order valence-corrected chi connectivity index (χ2v) is 6.81. The number of aromatic nitrogens is 1. The van der Waals surface area contributed by atoms with Gasteiger partial charge in [-0.3, -0.25) is 9.59 Å². The van der Waals surface area contributed by atoms with Crippen LogP contribution in [0, 0.1) is 5.92 Å². The third-order valence-corrected chi connectivity index (χ3v) is 4.40. The smallest absolute Gasteiger partial charge is 0.245 e. The second-order valence-electron chi connectivity index (χ2n) is 5.69. The molecular weight excluding hydrogens is 298 g/mol. The molecule has 2 rings (SSSR count). The fourth-order valence-corrected chi connectivity index (χ4v) is 3.26. The van der Waals surface area contributed by atoms with Gasteiger partial charge in [-0.1, -0.05) is 26.0 Å². The van der Waals surface area contributed by atoms with Crippen molar-refractivity contribution >= 4 is 33.4 Å². The molecule has 2 aromatic rings. The van der Waals surface area contributed by atoms with Crippen LogP contribution in [0.4, 0.5) is 0 Å². The van der Waals surface area contributed by atoms with Crippen LogP contribution in [0.2, 0.25) is 0 Å². The molecule has 118 valence electrons. The van der Waals surface area contributed by atoms with Crippen LogP contribution in [-0.4, -0.2) is 34.8 Å². The summed E-state index contributed by atoms with van der Waals surface area (Å²) >= 11 is 1.58. The molecule has 22 heavy (non-hydrogen) atoms. The molecule has 0 aliphatic heterocycles. The molecule has 0 unspecified atom stereocenters. The van der Waals surface area contributed by atoms with Crippen LogP contribution in [-0.2, 0) is 16.1 Å². The largest absolute Gasteiger partial charge is 0.344 e. The Bertz CT molecular complexity index is 648. The van der Waals surface area contributed by atoms with Crippen LogP contribution in [0.3, 0.4) is 0 Å². The lowest BCUT2D eigenvalue weighted by Gasteiger charge is -2.26. The van der Waals surface area contributed by atoms with Crippen molar-refractivity contribution in [3.8, 4) is 0 Å². The number of nitrogens with zero attached hydrogens (tertiary/aromatic N) is 2. The SMILES string of the molecule is CC(=O)N[C@@H](C(=O)N(C)Cc1nc2ccccc2s1)C(C)C. The normalized spacial score (nSPS) is 12.4. The Morgan fingerprint density at radius 2 is 2.00 bits per heavy atom. The highest BCUT2D eigenvalue weighted by Crippen LogP contribution is 2.22. The summed E-state index contributed by atoms with van der Waals surface area (Å²) < 4.78 is 1.11. The summed E-state index contributed by atoms with van der Waals surface area (Å²) in [6.45, 7) is 5.71. The first-order chi connectivity index (χ1) is 10.4. The highest BCUT2D eigenvalue weighted by Gasteiger charge is 2.26. The number of nitrogens with one attached hydrogen (secondary N) is 1. The van der Waals surface area contributed by atoms with E-state index in [1.807, 2.05) is 38.1 Å². The molecule has 6 heteroatoms. The van der Waals surface area contributed by atoms with E-state index in [4.69, 9.17) is 0 Å². The van der Waals surface area contributed by atoms with Gasteiger partial charge >= 0.3 is 0 Å². The van der Waals surface area contributed by atoms with Gasteiger partial charge in [0, 0.05) is 14.0 Å². The van der Waals surface area contributed by atoms with Crippen LogP contribution < -0.4 is 5.32 Å². The molecule has 0 bridgehead atoms. The molecule has 0 saturated heterocycles. The summed E-state index contributed by atoms with van der Waals surface area (Å²) in [6.07, 6.45) is 0. The van der Waals surface area contributed by atoms with Gasteiger partial charge in [0.05, 0.1) is 16.8 Å². The highest BCUT2D eigenvalue weighted by molar-refractivity contribution is 7.18. The Morgan fingerprint density at radius 3 is 2.59 bits per heavy atom. The van der Waals surface area contributed by atoms with Crippen LogP contribution in [0.5, 0.6) is 0 Å². The van der Waals surface area contributed by atoms with E-state index in [0.29, 0.717) is 6.54 Å². The Kier molecular flexibility index (Phi) is 5.13. The van der Waals surface area contributed by atoms with E-state index < -0.39 is 6.04 Å². The number of fused-ring (bicyclic) bond motifs is 1. The van der Waals surface area contributed by atoms with Gasteiger partial charge in [0.2, 0.25) is 11.8 Å². The second kappa shape index (κ2) is 6.87. The molecule has 0 aliphatic rings. The molecule has 1 aromatic heterocycles. The van der Waals surface area contributed by atoms with Gasteiger partial charge in [0.15, 0.2) is 0 Å². The zero-order valence-electron chi connectivity index (χ0n) is 13.3. The lowest BCUT2D eigenvalue weighted by Crippen LogP contribution is -2.49. The van der Waals surface area contributed by atoms with Gasteiger partial charge in [-0.25, -0.2) is 4.98 Å². The van der Waals surface area contributed by atoms with Gasteiger partial charge in [0.1, 0.15) is 11.0 Å². The number of rotatable bonds is 5. The van der Waals surface area contributed by atoms with E-state index in [1.54, 1.807) is 23.3 Å². The maximum atomic E-state index is 12.5. The summed E-state index contributed by atoms with van der Waals surface area (Å²) in [5.41, 5.74) is 0.950. The molecule has 0 radical (unpaired) electrons. The van der Waals surface area contributed by atoms with Crippen molar-refractivity contribution in [2.45, 2.75) is 33.4 Å². The number of hydrogen-bond acceptors (Lipinski definition) is 4. The van der Waals surface area contributed by atoms with E-state index in [0.717, 1.165) is 15.2 Å². The first-order valence-electron chi connectivity index (χ1n) is 7.25. The molecule has 0 spiro atoms. The molecular formula is C16H21N3O2S. The first-order valence-corrected chi connectivity index (χ1v) is 8.06. The van der Waals surface area contributed by atoms with Gasteiger partial charge in [-0.05, 0) is 18.1 Å². The Hall–Kier alpha value is -1.95. The van der Waals surface area contributed by atoms with Crippen molar-refractivity contribution in [2.75, 3.05) is 7.05 Å². The number of hydrogen-bond donors (Lipinski definition) is 1. The Labute approximate surface area is 134 Å². The van der Waals surface area contributed by atoms with E-state index >= 15 is 0 Å². The van der Waals surface area contributed by atoms with E-state index in [1.165, 1.54) is 6.92 Å². The predicted octanol–water partition coefficient (Wildman–Crippen LogP) is 2.42. The standard InChI is InChI=1S/C16H21N3O2S/c1-10(2)15(17-11(3)20)16(21)19(4)9-14-18-12-7-5-6-8-13(12)22-14/h5-8,10,15H,9H2,1-4H3,(H,17,20)/t15-/m1/s1. The Morgan fingerprint density at radius 1 is 1.32 bits per heavy atom. The number of thiazole rings is 1. The van der Waals surface area contributed by atoms with Crippen molar-refractivity contribution in [2.24, 2.45) is 5.92 Å². The van der Waals surface area contributed by atoms with Gasteiger partial charge < -0.3 is 10.2 Å². The van der Waals surface area contributed by atoms with Gasteiger partial charge in [-0.15, -0.1) is 11.3 Å². The highest BCUT2D eigenvalue weighted by atomic mass is 32.1. The topological polar surface area (TPSA) is 62.3 Å². The van der Waals surface area contributed by atoms with Crippen molar-refractivity contribution in [1.82, 2.24) is 15.2 Å². The van der Waals surface area contributed by atoms with Crippen molar-refractivity contribution < 1.29 is 9.59 Å². The maximum absolute atomic E-state index is 12.5. The molecule has 1 atom stereocenters. The summed E-state index contributed by atoms with van der Waals surface area (Å²) in [7, 11) is 1.74. The quantitative estimate of drug-likeness (QED) is 0.920. The van der Waals surface area contributed by atoms with Crippen LogP contribution in [0.1, 0.15) is 25.8 Å². The van der Waals surface area contributed by atoms with Crippen molar-refractivity contribution in [1.29, 1.82) is 0 Å². The molecule has 1 heterocycles. The number of benzene rings is 1. The van der Waals surface area contributed by atoms with Crippen LogP contribution in [0.15, 0.2) is 24.3 Å². The fourth-order valence-electron chi connectivity index (χ4n) is 2.24. The summed E-state index contributed by atoms with van der Waals surface area (Å²) in [4.78, 5) is 30.0. The van der Waals surface area contributed by atoms with Crippen molar-refractivity contribution in [3.05, 3.63) is 29.3 Å². The van der Waals surface area contributed by atoms with E-state index in [9.17, 15) is 9.59 Å². The number of amides is 2. The summed E-state index contributed by atoms with van der Waals surface area (Å²) in [5, 5.41) is 3.62. The minimum atomic E-state index is -0.503. The number of carbonyl (C=O) groups excluding carboxylic acids is 2.